The number of nitriles is 1. The molecule has 0 radical (unpaired) electrons. The van der Waals surface area contributed by atoms with Gasteiger partial charge < -0.3 is 9.47 Å². The molecule has 224 valence electrons. The molecule has 0 spiro atoms. The van der Waals surface area contributed by atoms with Crippen LogP contribution in [-0.2, 0) is 27.2 Å². The predicted molar refractivity (Wildman–Crippen MR) is 153 cm³/mol. The minimum absolute atomic E-state index is 0.0744. The highest BCUT2D eigenvalue weighted by atomic mass is 32.2. The first kappa shape index (κ1) is 31.4. The average molecular weight is 613 g/mol. The second kappa shape index (κ2) is 12.8. The van der Waals surface area contributed by atoms with Crippen molar-refractivity contribution < 1.29 is 30.8 Å². The zero-order valence-corrected chi connectivity index (χ0v) is 24.2. The van der Waals surface area contributed by atoms with Crippen LogP contribution in [0.1, 0.15) is 42.4 Å². The number of carbonyl (C=O) groups is 1. The van der Waals surface area contributed by atoms with Crippen molar-refractivity contribution in [3.05, 3.63) is 107 Å². The lowest BCUT2D eigenvalue weighted by Crippen LogP contribution is -2.39. The van der Waals surface area contributed by atoms with Crippen molar-refractivity contribution in [3.63, 3.8) is 0 Å². The smallest absolute Gasteiger partial charge is 0.331 e. The Hall–Kier alpha value is -4.50. The van der Waals surface area contributed by atoms with Crippen molar-refractivity contribution in [2.45, 2.75) is 32.5 Å². The third-order valence-electron chi connectivity index (χ3n) is 7.01. The van der Waals surface area contributed by atoms with E-state index in [0.29, 0.717) is 34.9 Å². The van der Waals surface area contributed by atoms with Crippen molar-refractivity contribution in [2.24, 2.45) is 0 Å². The Balaban J connectivity index is 1.77. The van der Waals surface area contributed by atoms with Gasteiger partial charge in [-0.05, 0) is 48.9 Å². The molecule has 12 heteroatoms. The zero-order valence-electron chi connectivity index (χ0n) is 23.3. The molecule has 1 amide bonds. The fraction of sp³-hybridized carbons (Fsp3) is 0.258. The zero-order chi connectivity index (χ0) is 31.4. The molecule has 7 nitrogen and oxygen atoms in total. The lowest BCUT2D eigenvalue weighted by Gasteiger charge is -2.29. The number of hydrogen-bond donors (Lipinski definition) is 0. The van der Waals surface area contributed by atoms with E-state index in [-0.39, 0.29) is 23.6 Å². The van der Waals surface area contributed by atoms with Gasteiger partial charge in [0.2, 0.25) is 5.91 Å². The van der Waals surface area contributed by atoms with E-state index < -0.39 is 45.8 Å². The molecule has 4 rings (SSSR count). The quantitative estimate of drug-likeness (QED) is 0.201. The van der Waals surface area contributed by atoms with Crippen LogP contribution >= 0.6 is 0 Å². The topological polar surface area (TPSA) is 96.1 Å². The van der Waals surface area contributed by atoms with Gasteiger partial charge in [0.1, 0.15) is 11.6 Å². The van der Waals surface area contributed by atoms with Crippen LogP contribution < -0.4 is 0 Å². The van der Waals surface area contributed by atoms with Crippen LogP contribution in [0.5, 0.6) is 0 Å². The van der Waals surface area contributed by atoms with E-state index in [2.05, 4.69) is 6.07 Å². The third-order valence-corrected chi connectivity index (χ3v) is 8.70. The van der Waals surface area contributed by atoms with Crippen LogP contribution in [-0.4, -0.2) is 46.8 Å². The SMILES string of the molecule is CCS(=O)(=O)CCN(C(=O)Cc1ccc(F)c(C(F)(F)F)c1)[C@H](C)c1nc(-c2ccccc2)cn1-c1ccc(C#N)cc1. The highest BCUT2D eigenvalue weighted by Gasteiger charge is 2.35. The fourth-order valence-electron chi connectivity index (χ4n) is 4.57. The van der Waals surface area contributed by atoms with Gasteiger partial charge >= 0.3 is 6.18 Å². The Morgan fingerprint density at radius 3 is 2.35 bits per heavy atom. The Bertz CT molecular complexity index is 1750. The Kier molecular flexibility index (Phi) is 9.35. The summed E-state index contributed by atoms with van der Waals surface area (Å²) in [4.78, 5) is 19.7. The minimum Gasteiger partial charge on any atom is -0.331 e. The van der Waals surface area contributed by atoms with E-state index in [1.807, 2.05) is 30.3 Å². The van der Waals surface area contributed by atoms with Gasteiger partial charge in [0.25, 0.3) is 0 Å². The van der Waals surface area contributed by atoms with Gasteiger partial charge in [-0.25, -0.2) is 17.8 Å². The fourth-order valence-corrected chi connectivity index (χ4v) is 5.34. The number of amides is 1. The molecular weight excluding hydrogens is 584 g/mol. The Morgan fingerprint density at radius 1 is 1.07 bits per heavy atom. The molecule has 0 aliphatic heterocycles. The molecular formula is C31H28F4N4O3S. The summed E-state index contributed by atoms with van der Waals surface area (Å²) in [5.41, 5.74) is 0.831. The standard InChI is InChI=1S/C31H28F4N4O3S/c1-3-43(41,42)16-15-38(29(40)18-23-11-14-27(32)26(17-23)31(33,34)35)21(2)30-37-28(24-7-5-4-6-8-24)20-39(30)25-12-9-22(19-36)10-13-25/h4-14,17,20-21H,3,15-16,18H2,1-2H3/t21-/m1/s1. The molecule has 1 heterocycles. The van der Waals surface area contributed by atoms with Gasteiger partial charge in [0.05, 0.1) is 41.1 Å². The van der Waals surface area contributed by atoms with Crippen LogP contribution in [0.2, 0.25) is 0 Å². The predicted octanol–water partition coefficient (Wildman–Crippen LogP) is 6.14. The first-order valence-corrected chi connectivity index (χ1v) is 15.2. The normalized spacial score (nSPS) is 12.5. The number of benzene rings is 3. The van der Waals surface area contributed by atoms with Gasteiger partial charge in [-0.3, -0.25) is 4.79 Å². The van der Waals surface area contributed by atoms with Crippen molar-refractivity contribution in [1.82, 2.24) is 14.5 Å². The van der Waals surface area contributed by atoms with Crippen LogP contribution in [0.15, 0.2) is 79.0 Å². The summed E-state index contributed by atoms with van der Waals surface area (Å²) in [6.45, 7) is 2.88. The molecule has 0 N–H and O–H groups in total. The van der Waals surface area contributed by atoms with Crippen molar-refractivity contribution in [2.75, 3.05) is 18.1 Å². The number of aromatic nitrogens is 2. The summed E-state index contributed by atoms with van der Waals surface area (Å²) >= 11 is 0. The summed E-state index contributed by atoms with van der Waals surface area (Å²) in [5, 5.41) is 9.23. The number of sulfone groups is 1. The van der Waals surface area contributed by atoms with Crippen LogP contribution in [0.4, 0.5) is 17.6 Å². The molecule has 1 atom stereocenters. The second-order valence-corrected chi connectivity index (χ2v) is 12.3. The Morgan fingerprint density at radius 2 is 1.74 bits per heavy atom. The molecule has 0 fully saturated rings. The highest BCUT2D eigenvalue weighted by Crippen LogP contribution is 2.33. The van der Waals surface area contributed by atoms with Gasteiger partial charge in [-0.15, -0.1) is 0 Å². The number of imidazole rings is 1. The molecule has 0 saturated heterocycles. The number of carbonyl (C=O) groups excluding carboxylic acids is 1. The minimum atomic E-state index is -4.95. The van der Waals surface area contributed by atoms with Crippen LogP contribution in [0, 0.1) is 17.1 Å². The van der Waals surface area contributed by atoms with Crippen LogP contribution in [0.3, 0.4) is 0 Å². The van der Waals surface area contributed by atoms with E-state index in [4.69, 9.17) is 4.98 Å². The molecule has 0 aliphatic rings. The third kappa shape index (κ3) is 7.48. The Labute approximate surface area is 246 Å². The van der Waals surface area contributed by atoms with Crippen LogP contribution in [0.25, 0.3) is 16.9 Å². The molecule has 0 saturated carbocycles. The number of rotatable bonds is 10. The molecule has 3 aromatic carbocycles. The lowest BCUT2D eigenvalue weighted by molar-refractivity contribution is -0.140. The van der Waals surface area contributed by atoms with Gasteiger partial charge in [-0.2, -0.15) is 18.4 Å². The summed E-state index contributed by atoms with van der Waals surface area (Å²) in [6.07, 6.45) is -3.72. The number of alkyl halides is 3. The van der Waals surface area contributed by atoms with E-state index in [1.165, 1.54) is 11.8 Å². The first-order chi connectivity index (χ1) is 20.3. The largest absolute Gasteiger partial charge is 0.419 e. The number of nitrogens with zero attached hydrogens (tertiary/aromatic N) is 4. The maximum atomic E-state index is 13.9. The van der Waals surface area contributed by atoms with Gasteiger partial charge in [-0.1, -0.05) is 43.3 Å². The lowest BCUT2D eigenvalue weighted by atomic mass is 10.1. The van der Waals surface area contributed by atoms with E-state index >= 15 is 0 Å². The first-order valence-electron chi connectivity index (χ1n) is 13.3. The maximum absolute atomic E-state index is 13.9. The maximum Gasteiger partial charge on any atom is 0.419 e. The van der Waals surface area contributed by atoms with Crippen molar-refractivity contribution >= 4 is 15.7 Å². The summed E-state index contributed by atoms with van der Waals surface area (Å²) < 4.78 is 80.4. The molecule has 1 aromatic heterocycles. The van der Waals surface area contributed by atoms with E-state index in [1.54, 1.807) is 42.0 Å². The molecule has 0 aliphatic carbocycles. The number of halogens is 4. The molecule has 0 bridgehead atoms. The number of hydrogen-bond acceptors (Lipinski definition) is 5. The van der Waals surface area contributed by atoms with Gasteiger partial charge in [0.15, 0.2) is 9.84 Å². The van der Waals surface area contributed by atoms with Crippen molar-refractivity contribution in [3.8, 4) is 23.0 Å². The summed E-state index contributed by atoms with van der Waals surface area (Å²) in [6, 6.07) is 19.4. The molecule has 43 heavy (non-hydrogen) atoms. The highest BCUT2D eigenvalue weighted by molar-refractivity contribution is 7.91. The van der Waals surface area contributed by atoms with E-state index in [9.17, 15) is 36.0 Å². The summed E-state index contributed by atoms with van der Waals surface area (Å²) in [5.74, 6) is -2.29. The second-order valence-electron chi connectivity index (χ2n) is 9.87. The molecule has 4 aromatic rings. The van der Waals surface area contributed by atoms with Gasteiger partial charge in [0, 0.05) is 29.7 Å². The monoisotopic (exact) mass is 612 g/mol. The van der Waals surface area contributed by atoms with Crippen molar-refractivity contribution in [1.29, 1.82) is 5.26 Å². The van der Waals surface area contributed by atoms with E-state index in [0.717, 1.165) is 11.6 Å². The summed E-state index contributed by atoms with van der Waals surface area (Å²) in [7, 11) is -3.53. The molecule has 0 unspecified atom stereocenters. The average Bonchev–Trinajstić information content (AvgIpc) is 3.44.